The zero-order valence-electron chi connectivity index (χ0n) is 16.8. The molecule has 1 aromatic carbocycles. The number of aromatic nitrogens is 3. The Morgan fingerprint density at radius 3 is 2.15 bits per heavy atom. The van der Waals surface area contributed by atoms with Gasteiger partial charge in [-0.05, 0) is 30.2 Å². The molecule has 3 rings (SSSR count). The lowest BCUT2D eigenvalue weighted by atomic mass is 10.1. The van der Waals surface area contributed by atoms with Gasteiger partial charge in [0.05, 0.1) is 19.2 Å². The molecule has 0 saturated heterocycles. The van der Waals surface area contributed by atoms with Crippen LogP contribution in [0.5, 0.6) is 11.6 Å². The Balaban J connectivity index is 1.64. The maximum Gasteiger partial charge on any atom is 0.435 e. The van der Waals surface area contributed by atoms with Gasteiger partial charge in [0, 0.05) is 12.3 Å². The number of rotatable bonds is 7. The fourth-order valence-electron chi connectivity index (χ4n) is 2.70. The summed E-state index contributed by atoms with van der Waals surface area (Å²) in [7, 11) is 1.26. The number of ether oxygens (including phenoxy) is 1. The second kappa shape index (κ2) is 9.79. The Bertz CT molecular complexity index is 1080. The average molecular weight is 493 g/mol. The van der Waals surface area contributed by atoms with Gasteiger partial charge in [0.25, 0.3) is 0 Å². The van der Waals surface area contributed by atoms with Gasteiger partial charge in [-0.15, -0.1) is 0 Å². The van der Waals surface area contributed by atoms with E-state index in [2.05, 4.69) is 15.0 Å². The normalized spacial score (nSPS) is 12.0. The van der Waals surface area contributed by atoms with Gasteiger partial charge in [0.15, 0.2) is 11.5 Å². The van der Waals surface area contributed by atoms with Gasteiger partial charge >= 0.3 is 12.4 Å². The minimum Gasteiger partial charge on any atom is -0.439 e. The molecule has 0 atom stereocenters. The molecule has 0 spiro atoms. The Morgan fingerprint density at radius 1 is 0.909 bits per heavy atom. The quantitative estimate of drug-likeness (QED) is 0.299. The first-order chi connectivity index (χ1) is 15.5. The van der Waals surface area contributed by atoms with Gasteiger partial charge < -0.3 is 4.74 Å². The molecule has 3 aromatic rings. The van der Waals surface area contributed by atoms with Gasteiger partial charge in [-0.1, -0.05) is 23.7 Å². The zero-order chi connectivity index (χ0) is 24.2. The molecule has 2 heterocycles. The van der Waals surface area contributed by atoms with Crippen molar-refractivity contribution in [1.82, 2.24) is 15.0 Å². The first-order valence-corrected chi connectivity index (χ1v) is 9.56. The van der Waals surface area contributed by atoms with Gasteiger partial charge in [-0.3, -0.25) is 4.84 Å². The van der Waals surface area contributed by atoms with E-state index in [1.807, 2.05) is 0 Å². The third-order valence-corrected chi connectivity index (χ3v) is 4.66. The van der Waals surface area contributed by atoms with Gasteiger partial charge in [0.2, 0.25) is 5.88 Å². The van der Waals surface area contributed by atoms with Crippen LogP contribution in [-0.4, -0.2) is 28.6 Å². The molecular weight excluding hydrogens is 478 g/mol. The Kier molecular flexibility index (Phi) is 7.28. The standard InChI is InChI=1S/C20H15ClF6N4O2/c1-32-31(18-16(21)17(20(25,26)27)29-11-30-18)9-8-12-2-5-14(6-3-12)33-15-7-4-13(10-28-15)19(22,23)24/h2-7,10-11H,8-9H2,1H3. The maximum absolute atomic E-state index is 13.0. The van der Waals surface area contributed by atoms with E-state index in [4.69, 9.17) is 21.2 Å². The number of benzene rings is 1. The largest absolute Gasteiger partial charge is 0.439 e. The highest BCUT2D eigenvalue weighted by Gasteiger charge is 2.37. The van der Waals surface area contributed by atoms with Crippen molar-refractivity contribution in [1.29, 1.82) is 0 Å². The number of alkyl halides is 6. The number of hydrogen-bond donors (Lipinski definition) is 0. The van der Waals surface area contributed by atoms with E-state index in [1.165, 1.54) is 7.11 Å². The van der Waals surface area contributed by atoms with Crippen molar-refractivity contribution in [3.05, 3.63) is 70.8 Å². The van der Waals surface area contributed by atoms with E-state index >= 15 is 0 Å². The number of halogens is 7. The van der Waals surface area contributed by atoms with Crippen LogP contribution in [0.4, 0.5) is 32.2 Å². The van der Waals surface area contributed by atoms with E-state index in [1.54, 1.807) is 24.3 Å². The summed E-state index contributed by atoms with van der Waals surface area (Å²) in [6, 6.07) is 8.47. The van der Waals surface area contributed by atoms with Gasteiger partial charge in [0.1, 0.15) is 17.1 Å². The van der Waals surface area contributed by atoms with Crippen molar-refractivity contribution >= 4 is 17.4 Å². The molecule has 0 fully saturated rings. The summed E-state index contributed by atoms with van der Waals surface area (Å²) in [5.41, 5.74) is -1.39. The lowest BCUT2D eigenvalue weighted by Gasteiger charge is -2.22. The summed E-state index contributed by atoms with van der Waals surface area (Å²) in [6.45, 7) is 0.116. The molecule has 2 aromatic heterocycles. The van der Waals surface area contributed by atoms with Crippen LogP contribution in [0.2, 0.25) is 5.02 Å². The van der Waals surface area contributed by atoms with Crippen molar-refractivity contribution in [3.63, 3.8) is 0 Å². The number of nitrogens with zero attached hydrogens (tertiary/aromatic N) is 4. The van der Waals surface area contributed by atoms with E-state index in [-0.39, 0.29) is 18.2 Å². The molecule has 0 saturated carbocycles. The first kappa shape index (κ1) is 24.5. The molecule has 0 amide bonds. The first-order valence-electron chi connectivity index (χ1n) is 9.18. The van der Waals surface area contributed by atoms with Crippen molar-refractivity contribution in [2.45, 2.75) is 18.8 Å². The van der Waals surface area contributed by atoms with Crippen LogP contribution in [0.1, 0.15) is 16.8 Å². The van der Waals surface area contributed by atoms with Crippen molar-refractivity contribution < 1.29 is 35.9 Å². The molecule has 6 nitrogen and oxygen atoms in total. The van der Waals surface area contributed by atoms with Crippen molar-refractivity contribution in [2.75, 3.05) is 18.7 Å². The SMILES string of the molecule is CON(CCc1ccc(Oc2ccc(C(F)(F)F)cn2)cc1)c1ncnc(C(F)(F)F)c1Cl. The smallest absolute Gasteiger partial charge is 0.435 e. The molecule has 0 unspecified atom stereocenters. The Labute approximate surface area is 188 Å². The van der Waals surface area contributed by atoms with Crippen LogP contribution < -0.4 is 9.80 Å². The fraction of sp³-hybridized carbons (Fsp3) is 0.250. The second-order valence-corrected chi connectivity index (χ2v) is 6.90. The van der Waals surface area contributed by atoms with E-state index < -0.39 is 28.6 Å². The highest BCUT2D eigenvalue weighted by Crippen LogP contribution is 2.37. The van der Waals surface area contributed by atoms with Crippen molar-refractivity contribution in [2.24, 2.45) is 0 Å². The lowest BCUT2D eigenvalue weighted by molar-refractivity contribution is -0.141. The molecule has 0 radical (unpaired) electrons. The van der Waals surface area contributed by atoms with Crippen LogP contribution in [-0.2, 0) is 23.6 Å². The highest BCUT2D eigenvalue weighted by atomic mass is 35.5. The summed E-state index contributed by atoms with van der Waals surface area (Å²) >= 11 is 5.83. The number of hydroxylamine groups is 1. The monoisotopic (exact) mass is 492 g/mol. The van der Waals surface area contributed by atoms with Crippen LogP contribution >= 0.6 is 11.6 Å². The third-order valence-electron chi connectivity index (χ3n) is 4.31. The molecule has 0 bridgehead atoms. The molecule has 0 N–H and O–H groups in total. The summed E-state index contributed by atoms with van der Waals surface area (Å²) in [5, 5.41) is 0.426. The molecule has 0 aliphatic heterocycles. The second-order valence-electron chi connectivity index (χ2n) is 6.52. The minimum absolute atomic E-state index is 0.0137. The van der Waals surface area contributed by atoms with E-state index in [9.17, 15) is 26.3 Å². The highest BCUT2D eigenvalue weighted by molar-refractivity contribution is 6.33. The van der Waals surface area contributed by atoms with Crippen LogP contribution in [0.25, 0.3) is 0 Å². The predicted octanol–water partition coefficient (Wildman–Crippen LogP) is 5.97. The summed E-state index contributed by atoms with van der Waals surface area (Å²) < 4.78 is 82.2. The molecule has 0 aliphatic rings. The molecule has 0 aliphatic carbocycles. The summed E-state index contributed by atoms with van der Waals surface area (Å²) in [4.78, 5) is 15.7. The lowest BCUT2D eigenvalue weighted by Crippen LogP contribution is -2.27. The van der Waals surface area contributed by atoms with Gasteiger partial charge in [-0.2, -0.15) is 26.3 Å². The summed E-state index contributed by atoms with van der Waals surface area (Å²) in [5.74, 6) is 0.0956. The summed E-state index contributed by atoms with van der Waals surface area (Å²) in [6.07, 6.45) is -7.48. The van der Waals surface area contributed by atoms with Crippen LogP contribution in [0.15, 0.2) is 48.9 Å². The zero-order valence-corrected chi connectivity index (χ0v) is 17.5. The average Bonchev–Trinajstić information content (AvgIpc) is 2.75. The topological polar surface area (TPSA) is 60.4 Å². The Morgan fingerprint density at radius 2 is 1.61 bits per heavy atom. The minimum atomic E-state index is -4.74. The third kappa shape index (κ3) is 6.23. The van der Waals surface area contributed by atoms with Crippen LogP contribution in [0.3, 0.4) is 0 Å². The Hall–Kier alpha value is -3.12. The maximum atomic E-state index is 13.0. The molecule has 33 heavy (non-hydrogen) atoms. The number of anilines is 1. The van der Waals surface area contributed by atoms with E-state index in [0.717, 1.165) is 29.1 Å². The fourth-order valence-corrected chi connectivity index (χ4v) is 3.00. The molecule has 176 valence electrons. The van der Waals surface area contributed by atoms with Crippen LogP contribution in [0, 0.1) is 0 Å². The predicted molar refractivity (Wildman–Crippen MR) is 106 cm³/mol. The molecule has 13 heteroatoms. The van der Waals surface area contributed by atoms with Gasteiger partial charge in [-0.25, -0.2) is 20.0 Å². The number of hydrogen-bond acceptors (Lipinski definition) is 6. The van der Waals surface area contributed by atoms with Crippen molar-refractivity contribution in [3.8, 4) is 11.6 Å². The van der Waals surface area contributed by atoms with E-state index in [0.29, 0.717) is 18.4 Å². The molecular formula is C20H15ClF6N4O2. The number of pyridine rings is 1.